The summed E-state index contributed by atoms with van der Waals surface area (Å²) in [6.07, 6.45) is 0.977. The SMILES string of the molecule is CCNC(=NCCS(=O)(=O)c1ccccc1F)NC1CC(C)N(Cc2ccccc2)C1. The Morgan fingerprint density at radius 2 is 1.87 bits per heavy atom. The van der Waals surface area contributed by atoms with Crippen LogP contribution < -0.4 is 10.6 Å². The second-order valence-corrected chi connectivity index (χ2v) is 9.93. The number of rotatable bonds is 8. The van der Waals surface area contributed by atoms with Gasteiger partial charge in [-0.2, -0.15) is 0 Å². The molecule has 0 aliphatic carbocycles. The van der Waals surface area contributed by atoms with E-state index < -0.39 is 15.7 Å². The number of hydrogen-bond acceptors (Lipinski definition) is 4. The molecule has 2 aromatic carbocycles. The third-order valence-electron chi connectivity index (χ3n) is 5.42. The van der Waals surface area contributed by atoms with Crippen molar-refractivity contribution in [3.8, 4) is 0 Å². The molecule has 2 N–H and O–H groups in total. The first-order chi connectivity index (χ1) is 14.9. The highest BCUT2D eigenvalue weighted by Crippen LogP contribution is 2.20. The Bertz CT molecular complexity index is 982. The van der Waals surface area contributed by atoms with Crippen LogP contribution in [-0.2, 0) is 16.4 Å². The average molecular weight is 447 g/mol. The Balaban J connectivity index is 1.58. The fourth-order valence-electron chi connectivity index (χ4n) is 3.84. The van der Waals surface area contributed by atoms with Gasteiger partial charge < -0.3 is 10.6 Å². The van der Waals surface area contributed by atoms with Gasteiger partial charge in [0.05, 0.1) is 12.3 Å². The van der Waals surface area contributed by atoms with Gasteiger partial charge in [0, 0.05) is 31.7 Å². The summed E-state index contributed by atoms with van der Waals surface area (Å²) in [5.74, 6) is -0.383. The van der Waals surface area contributed by atoms with Gasteiger partial charge in [0.2, 0.25) is 0 Å². The van der Waals surface area contributed by atoms with Crippen LogP contribution in [0.1, 0.15) is 25.8 Å². The number of aliphatic imine (C=N–C) groups is 1. The lowest BCUT2D eigenvalue weighted by molar-refractivity contribution is 0.258. The van der Waals surface area contributed by atoms with Gasteiger partial charge in [-0.05, 0) is 38.0 Å². The molecule has 0 saturated carbocycles. The molecular formula is C23H31FN4O2S. The predicted octanol–water partition coefficient (Wildman–Crippen LogP) is 2.82. The first kappa shape index (κ1) is 23.2. The van der Waals surface area contributed by atoms with Crippen LogP contribution in [0.3, 0.4) is 0 Å². The van der Waals surface area contributed by atoms with Crippen molar-refractivity contribution in [2.45, 2.75) is 43.8 Å². The van der Waals surface area contributed by atoms with E-state index in [0.29, 0.717) is 18.5 Å². The molecule has 2 aromatic rings. The smallest absolute Gasteiger partial charge is 0.191 e. The van der Waals surface area contributed by atoms with Crippen LogP contribution in [0.15, 0.2) is 64.5 Å². The number of guanidine groups is 1. The molecule has 2 unspecified atom stereocenters. The van der Waals surface area contributed by atoms with Crippen molar-refractivity contribution in [2.24, 2.45) is 4.99 Å². The lowest BCUT2D eigenvalue weighted by Gasteiger charge is -2.21. The van der Waals surface area contributed by atoms with Gasteiger partial charge in [-0.3, -0.25) is 9.89 Å². The van der Waals surface area contributed by atoms with Gasteiger partial charge in [0.15, 0.2) is 15.8 Å². The molecule has 0 amide bonds. The van der Waals surface area contributed by atoms with E-state index in [9.17, 15) is 12.8 Å². The van der Waals surface area contributed by atoms with Crippen molar-refractivity contribution in [2.75, 3.05) is 25.4 Å². The minimum atomic E-state index is -3.73. The van der Waals surface area contributed by atoms with Gasteiger partial charge in [-0.25, -0.2) is 12.8 Å². The van der Waals surface area contributed by atoms with E-state index in [1.807, 2.05) is 13.0 Å². The molecule has 2 atom stereocenters. The number of hydrogen-bond donors (Lipinski definition) is 2. The third-order valence-corrected chi connectivity index (χ3v) is 7.14. The van der Waals surface area contributed by atoms with E-state index in [2.05, 4.69) is 51.7 Å². The van der Waals surface area contributed by atoms with Crippen molar-refractivity contribution in [3.05, 3.63) is 66.0 Å². The minimum Gasteiger partial charge on any atom is -0.357 e. The van der Waals surface area contributed by atoms with Crippen LogP contribution in [0, 0.1) is 5.82 Å². The molecule has 168 valence electrons. The number of nitrogens with zero attached hydrogens (tertiary/aromatic N) is 2. The van der Waals surface area contributed by atoms with Crippen LogP contribution in [0.25, 0.3) is 0 Å². The van der Waals surface area contributed by atoms with Crippen molar-refractivity contribution in [3.63, 3.8) is 0 Å². The largest absolute Gasteiger partial charge is 0.357 e. The minimum absolute atomic E-state index is 0.0575. The molecule has 6 nitrogen and oxygen atoms in total. The zero-order valence-electron chi connectivity index (χ0n) is 18.1. The van der Waals surface area contributed by atoms with Gasteiger partial charge in [-0.15, -0.1) is 0 Å². The Hall–Kier alpha value is -2.45. The summed E-state index contributed by atoms with van der Waals surface area (Å²) in [5, 5.41) is 6.61. The molecule has 1 aliphatic heterocycles. The van der Waals surface area contributed by atoms with Gasteiger partial charge in [0.25, 0.3) is 0 Å². The highest BCUT2D eigenvalue weighted by Gasteiger charge is 2.29. The van der Waals surface area contributed by atoms with Gasteiger partial charge >= 0.3 is 0 Å². The lowest BCUT2D eigenvalue weighted by Crippen LogP contribution is -2.44. The Kier molecular flexibility index (Phi) is 8.03. The topological polar surface area (TPSA) is 73.8 Å². The lowest BCUT2D eigenvalue weighted by atomic mass is 10.2. The quantitative estimate of drug-likeness (QED) is 0.482. The molecule has 1 saturated heterocycles. The molecule has 0 radical (unpaired) electrons. The summed E-state index contributed by atoms with van der Waals surface area (Å²) in [5.41, 5.74) is 1.29. The van der Waals surface area contributed by atoms with E-state index in [4.69, 9.17) is 0 Å². The molecule has 0 spiro atoms. The summed E-state index contributed by atoms with van der Waals surface area (Å²) in [6.45, 7) is 6.69. The van der Waals surface area contributed by atoms with Crippen molar-refractivity contribution < 1.29 is 12.8 Å². The zero-order chi connectivity index (χ0) is 22.3. The Morgan fingerprint density at radius 3 is 2.58 bits per heavy atom. The van der Waals surface area contributed by atoms with E-state index in [0.717, 1.165) is 25.6 Å². The first-order valence-electron chi connectivity index (χ1n) is 10.7. The molecular weight excluding hydrogens is 415 g/mol. The number of likely N-dealkylation sites (tertiary alicyclic amines) is 1. The van der Waals surface area contributed by atoms with E-state index in [1.54, 1.807) is 0 Å². The molecule has 1 fully saturated rings. The third kappa shape index (κ3) is 6.51. The summed E-state index contributed by atoms with van der Waals surface area (Å²) in [7, 11) is -3.73. The normalized spacial score (nSPS) is 20.0. The zero-order valence-corrected chi connectivity index (χ0v) is 18.9. The van der Waals surface area contributed by atoms with Crippen molar-refractivity contribution >= 4 is 15.8 Å². The standard InChI is InChI=1S/C23H31FN4O2S/c1-3-25-23(26-13-14-31(29,30)22-12-8-7-11-21(22)24)27-20-15-18(2)28(17-20)16-19-9-5-4-6-10-19/h4-12,18,20H,3,13-17H2,1-2H3,(H2,25,26,27). The molecule has 0 bridgehead atoms. The maximum atomic E-state index is 13.8. The van der Waals surface area contributed by atoms with Crippen LogP contribution in [0.4, 0.5) is 4.39 Å². The average Bonchev–Trinajstić information content (AvgIpc) is 3.07. The Morgan fingerprint density at radius 1 is 1.16 bits per heavy atom. The summed E-state index contributed by atoms with van der Waals surface area (Å²) >= 11 is 0. The maximum absolute atomic E-state index is 13.8. The van der Waals surface area contributed by atoms with E-state index in [1.165, 1.54) is 23.8 Å². The fourth-order valence-corrected chi connectivity index (χ4v) is 5.04. The summed E-state index contributed by atoms with van der Waals surface area (Å²) in [4.78, 5) is 6.58. The van der Waals surface area contributed by atoms with Crippen LogP contribution >= 0.6 is 0 Å². The summed E-state index contributed by atoms with van der Waals surface area (Å²) < 4.78 is 38.7. The van der Waals surface area contributed by atoms with Gasteiger partial charge in [-0.1, -0.05) is 42.5 Å². The number of benzene rings is 2. The Labute approximate surface area is 184 Å². The highest BCUT2D eigenvalue weighted by atomic mass is 32.2. The monoisotopic (exact) mass is 446 g/mol. The maximum Gasteiger partial charge on any atom is 0.191 e. The number of sulfone groups is 1. The highest BCUT2D eigenvalue weighted by molar-refractivity contribution is 7.91. The van der Waals surface area contributed by atoms with Crippen LogP contribution in [-0.4, -0.2) is 56.7 Å². The molecule has 0 aromatic heterocycles. The van der Waals surface area contributed by atoms with Crippen LogP contribution in [0.2, 0.25) is 0 Å². The second-order valence-electron chi connectivity index (χ2n) is 7.85. The second kappa shape index (κ2) is 10.7. The number of nitrogens with one attached hydrogen (secondary N) is 2. The molecule has 31 heavy (non-hydrogen) atoms. The van der Waals surface area contributed by atoms with Crippen molar-refractivity contribution in [1.82, 2.24) is 15.5 Å². The molecule has 8 heteroatoms. The van der Waals surface area contributed by atoms with E-state index >= 15 is 0 Å². The molecule has 3 rings (SSSR count). The fraction of sp³-hybridized carbons (Fsp3) is 0.435. The van der Waals surface area contributed by atoms with Gasteiger partial charge in [0.1, 0.15) is 10.7 Å². The van der Waals surface area contributed by atoms with Crippen LogP contribution in [0.5, 0.6) is 0 Å². The first-order valence-corrected chi connectivity index (χ1v) is 12.3. The van der Waals surface area contributed by atoms with E-state index in [-0.39, 0.29) is 23.2 Å². The summed E-state index contributed by atoms with van der Waals surface area (Å²) in [6, 6.07) is 16.5. The van der Waals surface area contributed by atoms with Crippen molar-refractivity contribution in [1.29, 1.82) is 0 Å². The molecule has 1 heterocycles. The molecule has 1 aliphatic rings. The predicted molar refractivity (Wildman–Crippen MR) is 122 cm³/mol. The number of halogens is 1.